The highest BCUT2D eigenvalue weighted by atomic mass is 16.5. The summed E-state index contributed by atoms with van der Waals surface area (Å²) in [5.74, 6) is 0.531. The highest BCUT2D eigenvalue weighted by Crippen LogP contribution is 2.12. The maximum absolute atomic E-state index is 9.13. The summed E-state index contributed by atoms with van der Waals surface area (Å²) in [6, 6.07) is 5.30. The molecule has 0 unspecified atom stereocenters. The summed E-state index contributed by atoms with van der Waals surface area (Å²) in [5.41, 5.74) is 0.629. The molecule has 0 bridgehead atoms. The number of nitrogens with zero attached hydrogens (tertiary/aromatic N) is 1. The zero-order valence-corrected chi connectivity index (χ0v) is 6.61. The monoisotopic (exact) mass is 153 g/mol. The van der Waals surface area contributed by atoms with E-state index in [0.29, 0.717) is 11.6 Å². The van der Waals surface area contributed by atoms with Gasteiger partial charge in [0.2, 0.25) is 5.88 Å². The lowest BCUT2D eigenvalue weighted by atomic mass is 10.2. The van der Waals surface area contributed by atoms with Crippen LogP contribution in [0.25, 0.3) is 0 Å². The minimum atomic E-state index is -0.537. The van der Waals surface area contributed by atoms with Gasteiger partial charge in [0, 0.05) is 6.07 Å². The zero-order valence-electron chi connectivity index (χ0n) is 6.61. The van der Waals surface area contributed by atoms with Crippen molar-refractivity contribution in [3.05, 3.63) is 23.9 Å². The second-order valence-corrected chi connectivity index (χ2v) is 2.28. The first-order valence-corrected chi connectivity index (χ1v) is 3.43. The van der Waals surface area contributed by atoms with Crippen molar-refractivity contribution in [2.24, 2.45) is 0 Å². The molecule has 11 heavy (non-hydrogen) atoms. The van der Waals surface area contributed by atoms with Gasteiger partial charge in [-0.3, -0.25) is 0 Å². The van der Waals surface area contributed by atoms with Gasteiger partial charge in [0.25, 0.3) is 0 Å². The van der Waals surface area contributed by atoms with Crippen LogP contribution in [0.15, 0.2) is 18.2 Å². The molecular weight excluding hydrogens is 142 g/mol. The van der Waals surface area contributed by atoms with E-state index in [2.05, 4.69) is 4.98 Å². The topological polar surface area (TPSA) is 42.4 Å². The predicted octanol–water partition coefficient (Wildman–Crippen LogP) is 1.14. The average molecular weight is 153 g/mol. The number of ether oxygens (including phenoxy) is 1. The summed E-state index contributed by atoms with van der Waals surface area (Å²) in [4.78, 5) is 4.02. The first kappa shape index (κ1) is 8.01. The summed E-state index contributed by atoms with van der Waals surface area (Å²) >= 11 is 0. The van der Waals surface area contributed by atoms with Gasteiger partial charge in [-0.25, -0.2) is 4.98 Å². The average Bonchev–Trinajstić information content (AvgIpc) is 2.05. The van der Waals surface area contributed by atoms with Crippen LogP contribution >= 0.6 is 0 Å². The Hall–Kier alpha value is -1.09. The van der Waals surface area contributed by atoms with Crippen LogP contribution in [0.3, 0.4) is 0 Å². The molecule has 0 aliphatic carbocycles. The molecule has 1 aromatic heterocycles. The van der Waals surface area contributed by atoms with Crippen molar-refractivity contribution in [3.63, 3.8) is 0 Å². The minimum absolute atomic E-state index is 0.531. The van der Waals surface area contributed by atoms with E-state index in [-0.39, 0.29) is 0 Å². The van der Waals surface area contributed by atoms with Crippen molar-refractivity contribution >= 4 is 0 Å². The van der Waals surface area contributed by atoms with Gasteiger partial charge in [-0.1, -0.05) is 6.07 Å². The first-order valence-electron chi connectivity index (χ1n) is 3.43. The maximum Gasteiger partial charge on any atom is 0.213 e. The molecule has 3 nitrogen and oxygen atoms in total. The lowest BCUT2D eigenvalue weighted by Crippen LogP contribution is -1.96. The van der Waals surface area contributed by atoms with Gasteiger partial charge in [-0.15, -0.1) is 0 Å². The van der Waals surface area contributed by atoms with Crippen LogP contribution in [0.5, 0.6) is 5.88 Å². The highest BCUT2D eigenvalue weighted by molar-refractivity contribution is 5.16. The number of pyridine rings is 1. The van der Waals surface area contributed by atoms with E-state index in [9.17, 15) is 0 Å². The summed E-state index contributed by atoms with van der Waals surface area (Å²) in [7, 11) is 1.55. The molecule has 3 heteroatoms. The number of aliphatic hydroxyl groups is 1. The van der Waals surface area contributed by atoms with Crippen LogP contribution in [0.1, 0.15) is 18.7 Å². The van der Waals surface area contributed by atoms with E-state index in [4.69, 9.17) is 9.84 Å². The molecule has 0 aliphatic heterocycles. The van der Waals surface area contributed by atoms with Gasteiger partial charge >= 0.3 is 0 Å². The van der Waals surface area contributed by atoms with Crippen LogP contribution in [0, 0.1) is 0 Å². The standard InChI is InChI=1S/C8H11NO2/c1-6(10)7-4-3-5-8(9-7)11-2/h3-6,10H,1-2H3/t6-/m0/s1. The van der Waals surface area contributed by atoms with E-state index >= 15 is 0 Å². The van der Waals surface area contributed by atoms with Gasteiger partial charge in [-0.2, -0.15) is 0 Å². The molecule has 1 aromatic rings. The van der Waals surface area contributed by atoms with Crippen LogP contribution in [0.4, 0.5) is 0 Å². The highest BCUT2D eigenvalue weighted by Gasteiger charge is 2.02. The molecule has 0 amide bonds. The molecule has 0 saturated carbocycles. The molecule has 1 atom stereocenters. The van der Waals surface area contributed by atoms with E-state index in [0.717, 1.165) is 0 Å². The molecule has 1 heterocycles. The van der Waals surface area contributed by atoms with E-state index in [1.807, 2.05) is 0 Å². The number of aromatic nitrogens is 1. The summed E-state index contributed by atoms with van der Waals surface area (Å²) < 4.78 is 4.88. The van der Waals surface area contributed by atoms with Crippen LogP contribution in [-0.4, -0.2) is 17.2 Å². The lowest BCUT2D eigenvalue weighted by Gasteiger charge is -2.04. The van der Waals surface area contributed by atoms with E-state index < -0.39 is 6.10 Å². The Bertz CT molecular complexity index is 235. The van der Waals surface area contributed by atoms with Crippen molar-refractivity contribution < 1.29 is 9.84 Å². The fourth-order valence-electron chi connectivity index (χ4n) is 0.777. The molecule has 60 valence electrons. The Balaban J connectivity index is 2.91. The molecular formula is C8H11NO2. The fraction of sp³-hybridized carbons (Fsp3) is 0.375. The van der Waals surface area contributed by atoms with Crippen LogP contribution < -0.4 is 4.74 Å². The third-order valence-electron chi connectivity index (χ3n) is 1.38. The molecule has 1 rings (SSSR count). The summed E-state index contributed by atoms with van der Waals surface area (Å²) in [6.07, 6.45) is -0.537. The van der Waals surface area contributed by atoms with Crippen LogP contribution in [-0.2, 0) is 0 Å². The number of rotatable bonds is 2. The second-order valence-electron chi connectivity index (χ2n) is 2.28. The third kappa shape index (κ3) is 1.91. The Morgan fingerprint density at radius 1 is 1.55 bits per heavy atom. The summed E-state index contributed by atoms with van der Waals surface area (Å²) in [5, 5.41) is 9.13. The Morgan fingerprint density at radius 3 is 2.82 bits per heavy atom. The number of methoxy groups -OCH3 is 1. The van der Waals surface area contributed by atoms with E-state index in [1.165, 1.54) is 0 Å². The van der Waals surface area contributed by atoms with Crippen molar-refractivity contribution in [2.45, 2.75) is 13.0 Å². The predicted molar refractivity (Wildman–Crippen MR) is 41.4 cm³/mol. The molecule has 1 N–H and O–H groups in total. The molecule has 0 fully saturated rings. The normalized spacial score (nSPS) is 12.6. The molecule has 0 aliphatic rings. The van der Waals surface area contributed by atoms with Gasteiger partial charge in [0.05, 0.1) is 18.9 Å². The summed E-state index contributed by atoms with van der Waals surface area (Å²) in [6.45, 7) is 1.67. The van der Waals surface area contributed by atoms with Gasteiger partial charge in [0.15, 0.2) is 0 Å². The molecule has 0 radical (unpaired) electrons. The Labute approximate surface area is 65.7 Å². The van der Waals surface area contributed by atoms with Gasteiger partial charge < -0.3 is 9.84 Å². The Morgan fingerprint density at radius 2 is 2.27 bits per heavy atom. The molecule has 0 aromatic carbocycles. The van der Waals surface area contributed by atoms with E-state index in [1.54, 1.807) is 32.2 Å². The van der Waals surface area contributed by atoms with Crippen LogP contribution in [0.2, 0.25) is 0 Å². The largest absolute Gasteiger partial charge is 0.481 e. The lowest BCUT2D eigenvalue weighted by molar-refractivity contribution is 0.193. The van der Waals surface area contributed by atoms with Crippen molar-refractivity contribution in [2.75, 3.05) is 7.11 Å². The fourth-order valence-corrected chi connectivity index (χ4v) is 0.777. The first-order chi connectivity index (χ1) is 5.24. The van der Waals surface area contributed by atoms with Crippen molar-refractivity contribution in [1.82, 2.24) is 4.98 Å². The minimum Gasteiger partial charge on any atom is -0.481 e. The number of hydrogen-bond donors (Lipinski definition) is 1. The maximum atomic E-state index is 9.13. The molecule has 0 spiro atoms. The van der Waals surface area contributed by atoms with Gasteiger partial charge in [-0.05, 0) is 13.0 Å². The zero-order chi connectivity index (χ0) is 8.27. The smallest absolute Gasteiger partial charge is 0.213 e. The van der Waals surface area contributed by atoms with Crippen molar-refractivity contribution in [3.8, 4) is 5.88 Å². The Kier molecular flexibility index (Phi) is 2.44. The SMILES string of the molecule is COc1cccc([C@H](C)O)n1. The second kappa shape index (κ2) is 3.34. The third-order valence-corrected chi connectivity index (χ3v) is 1.38. The molecule has 0 saturated heterocycles. The quantitative estimate of drug-likeness (QED) is 0.692. The number of aliphatic hydroxyl groups excluding tert-OH is 1. The van der Waals surface area contributed by atoms with Crippen molar-refractivity contribution in [1.29, 1.82) is 0 Å². The number of hydrogen-bond acceptors (Lipinski definition) is 3. The van der Waals surface area contributed by atoms with Gasteiger partial charge in [0.1, 0.15) is 0 Å².